The quantitative estimate of drug-likeness (QED) is 0.472. The second-order valence-electron chi connectivity index (χ2n) is 4.77. The summed E-state index contributed by atoms with van der Waals surface area (Å²) in [5.74, 6) is -1.74. The number of hydrogen-bond donors (Lipinski definition) is 2. The lowest BCUT2D eigenvalue weighted by Crippen LogP contribution is -2.42. The molecule has 0 aliphatic heterocycles. The third kappa shape index (κ3) is 3.52. The smallest absolute Gasteiger partial charge is 0.326 e. The minimum Gasteiger partial charge on any atom is -0.480 e. The highest BCUT2D eigenvalue weighted by atomic mass is 32.2. The topological polar surface area (TPSA) is 110 Å². The van der Waals surface area contributed by atoms with Crippen LogP contribution in [-0.4, -0.2) is 34.2 Å². The Kier molecular flexibility index (Phi) is 4.46. The maximum atomic E-state index is 12.1. The summed E-state index contributed by atoms with van der Waals surface area (Å²) in [5.41, 5.74) is -0.0696. The predicted molar refractivity (Wildman–Crippen MR) is 76.5 cm³/mol. The summed E-state index contributed by atoms with van der Waals surface area (Å²) in [4.78, 5) is 34.0. The molecule has 2 N–H and O–H groups in total. The minimum atomic E-state index is -1.08. The van der Waals surface area contributed by atoms with Crippen molar-refractivity contribution in [3.63, 3.8) is 0 Å². The number of benzene rings is 1. The lowest BCUT2D eigenvalue weighted by molar-refractivity contribution is -0.387. The minimum absolute atomic E-state index is 0.0492. The maximum Gasteiger partial charge on any atom is 0.326 e. The molecule has 7 nitrogen and oxygen atoms in total. The average molecular weight is 310 g/mol. The number of carboxylic acids is 1. The van der Waals surface area contributed by atoms with Gasteiger partial charge in [-0.05, 0) is 37.1 Å². The van der Waals surface area contributed by atoms with E-state index in [0.29, 0.717) is 4.90 Å². The van der Waals surface area contributed by atoms with E-state index in [-0.39, 0.29) is 17.2 Å². The molecule has 1 atom stereocenters. The molecule has 2 rings (SSSR count). The van der Waals surface area contributed by atoms with E-state index in [2.05, 4.69) is 5.32 Å². The zero-order valence-corrected chi connectivity index (χ0v) is 12.1. The van der Waals surface area contributed by atoms with Crippen molar-refractivity contribution in [2.75, 3.05) is 6.26 Å². The molecule has 0 radical (unpaired) electrons. The third-order valence-corrected chi connectivity index (χ3v) is 4.07. The molecular weight excluding hydrogens is 296 g/mol. The molecule has 1 aliphatic carbocycles. The molecular formula is C13H14N2O5S. The Hall–Kier alpha value is -2.09. The van der Waals surface area contributed by atoms with Crippen molar-refractivity contribution >= 4 is 29.3 Å². The van der Waals surface area contributed by atoms with Gasteiger partial charge < -0.3 is 10.4 Å². The standard InChI is InChI=1S/C13H14N2O5S/c1-21-10-5-4-8(6-9(10)15(19)20)12(16)14-11(13(17)18)7-2-3-7/h4-7,11H,2-3H2,1H3,(H,14,16)(H,17,18). The van der Waals surface area contributed by atoms with Crippen LogP contribution < -0.4 is 5.32 Å². The number of carbonyl (C=O) groups is 2. The average Bonchev–Trinajstić information content (AvgIpc) is 3.27. The molecule has 21 heavy (non-hydrogen) atoms. The van der Waals surface area contributed by atoms with Gasteiger partial charge in [-0.15, -0.1) is 11.8 Å². The van der Waals surface area contributed by atoms with Crippen LogP contribution in [0.3, 0.4) is 0 Å². The number of amides is 1. The Morgan fingerprint density at radius 3 is 2.62 bits per heavy atom. The van der Waals surface area contributed by atoms with Gasteiger partial charge in [-0.1, -0.05) is 0 Å². The number of thioether (sulfide) groups is 1. The predicted octanol–water partition coefficient (Wildman–Crippen LogP) is 1.91. The number of aliphatic carboxylic acids is 1. The number of carbonyl (C=O) groups excluding carboxylic acids is 1. The van der Waals surface area contributed by atoms with Crippen molar-refractivity contribution in [2.45, 2.75) is 23.8 Å². The van der Waals surface area contributed by atoms with Gasteiger partial charge in [-0.2, -0.15) is 0 Å². The van der Waals surface area contributed by atoms with Crippen molar-refractivity contribution in [2.24, 2.45) is 5.92 Å². The first kappa shape index (κ1) is 15.3. The Bertz CT molecular complexity index is 600. The molecule has 1 aromatic carbocycles. The van der Waals surface area contributed by atoms with Gasteiger partial charge in [0, 0.05) is 11.6 Å². The van der Waals surface area contributed by atoms with Crippen LogP contribution in [0.15, 0.2) is 23.1 Å². The maximum absolute atomic E-state index is 12.1. The number of nitro groups is 1. The zero-order chi connectivity index (χ0) is 15.6. The molecule has 0 bridgehead atoms. The number of nitro benzene ring substituents is 1. The first-order valence-electron chi connectivity index (χ1n) is 6.30. The first-order chi connectivity index (χ1) is 9.93. The molecule has 0 spiro atoms. The Morgan fingerprint density at radius 2 is 2.14 bits per heavy atom. The van der Waals surface area contributed by atoms with E-state index in [1.807, 2.05) is 0 Å². The van der Waals surface area contributed by atoms with Gasteiger partial charge in [0.15, 0.2) is 0 Å². The molecule has 0 aromatic heterocycles. The lowest BCUT2D eigenvalue weighted by Gasteiger charge is -2.13. The first-order valence-corrected chi connectivity index (χ1v) is 7.52. The van der Waals surface area contributed by atoms with Crippen LogP contribution in [-0.2, 0) is 4.79 Å². The van der Waals surface area contributed by atoms with Gasteiger partial charge in [0.1, 0.15) is 6.04 Å². The molecule has 8 heteroatoms. The molecule has 1 amide bonds. The normalized spacial score (nSPS) is 15.3. The largest absolute Gasteiger partial charge is 0.480 e. The summed E-state index contributed by atoms with van der Waals surface area (Å²) in [5, 5.41) is 22.5. The van der Waals surface area contributed by atoms with E-state index in [0.717, 1.165) is 12.8 Å². The van der Waals surface area contributed by atoms with Gasteiger partial charge in [0.05, 0.1) is 9.82 Å². The van der Waals surface area contributed by atoms with Crippen LogP contribution in [0.5, 0.6) is 0 Å². The summed E-state index contributed by atoms with van der Waals surface area (Å²) in [6, 6.07) is 3.19. The van der Waals surface area contributed by atoms with Crippen LogP contribution >= 0.6 is 11.8 Å². The molecule has 112 valence electrons. The number of nitrogens with zero attached hydrogens (tertiary/aromatic N) is 1. The Labute approximate surface area is 124 Å². The van der Waals surface area contributed by atoms with Crippen LogP contribution in [0.2, 0.25) is 0 Å². The number of rotatable bonds is 6. The van der Waals surface area contributed by atoms with Crippen molar-refractivity contribution in [3.05, 3.63) is 33.9 Å². The summed E-state index contributed by atoms with van der Waals surface area (Å²) in [7, 11) is 0. The van der Waals surface area contributed by atoms with Crippen LogP contribution in [0.25, 0.3) is 0 Å². The van der Waals surface area contributed by atoms with E-state index >= 15 is 0 Å². The lowest BCUT2D eigenvalue weighted by atomic mass is 10.1. The molecule has 1 aliphatic rings. The number of hydrogen-bond acceptors (Lipinski definition) is 5. The fourth-order valence-corrected chi connectivity index (χ4v) is 2.56. The van der Waals surface area contributed by atoms with Crippen LogP contribution in [0, 0.1) is 16.0 Å². The summed E-state index contributed by atoms with van der Waals surface area (Å²) < 4.78 is 0. The second-order valence-corrected chi connectivity index (χ2v) is 5.62. The highest BCUT2D eigenvalue weighted by molar-refractivity contribution is 7.98. The highest BCUT2D eigenvalue weighted by Crippen LogP contribution is 2.33. The van der Waals surface area contributed by atoms with Crippen LogP contribution in [0.4, 0.5) is 5.69 Å². The van der Waals surface area contributed by atoms with Gasteiger partial charge in [-0.3, -0.25) is 14.9 Å². The summed E-state index contributed by atoms with van der Waals surface area (Å²) in [6.45, 7) is 0. The van der Waals surface area contributed by atoms with Gasteiger partial charge >= 0.3 is 5.97 Å². The van der Waals surface area contributed by atoms with Gasteiger partial charge in [-0.25, -0.2) is 4.79 Å². The highest BCUT2D eigenvalue weighted by Gasteiger charge is 2.37. The number of nitrogens with one attached hydrogen (secondary N) is 1. The fraction of sp³-hybridized carbons (Fsp3) is 0.385. The monoisotopic (exact) mass is 310 g/mol. The summed E-state index contributed by atoms with van der Waals surface area (Å²) in [6.07, 6.45) is 3.24. The molecule has 1 saturated carbocycles. The van der Waals surface area contributed by atoms with Crippen molar-refractivity contribution in [3.8, 4) is 0 Å². The molecule has 1 fully saturated rings. The van der Waals surface area contributed by atoms with Gasteiger partial charge in [0.2, 0.25) is 0 Å². The second kappa shape index (κ2) is 6.13. The van der Waals surface area contributed by atoms with E-state index in [4.69, 9.17) is 5.11 Å². The molecule has 1 unspecified atom stereocenters. The molecule has 0 saturated heterocycles. The Balaban J connectivity index is 2.20. The van der Waals surface area contributed by atoms with Gasteiger partial charge in [0.25, 0.3) is 11.6 Å². The number of carboxylic acid groups (broad SMARTS) is 1. The fourth-order valence-electron chi connectivity index (χ4n) is 2.01. The molecule has 1 aromatic rings. The molecule has 0 heterocycles. The summed E-state index contributed by atoms with van der Waals surface area (Å²) >= 11 is 1.21. The van der Waals surface area contributed by atoms with Crippen molar-refractivity contribution in [1.29, 1.82) is 0 Å². The third-order valence-electron chi connectivity index (χ3n) is 3.28. The van der Waals surface area contributed by atoms with Crippen LogP contribution in [0.1, 0.15) is 23.2 Å². The SMILES string of the molecule is CSc1ccc(C(=O)NC(C(=O)O)C2CC2)cc1[N+](=O)[O-]. The van der Waals surface area contributed by atoms with Crippen molar-refractivity contribution < 1.29 is 19.6 Å². The van der Waals surface area contributed by atoms with Crippen molar-refractivity contribution in [1.82, 2.24) is 5.32 Å². The van der Waals surface area contributed by atoms with E-state index in [9.17, 15) is 19.7 Å². The van der Waals surface area contributed by atoms with E-state index < -0.39 is 22.8 Å². The zero-order valence-electron chi connectivity index (χ0n) is 11.2. The van der Waals surface area contributed by atoms with E-state index in [1.165, 1.54) is 30.0 Å². The van der Waals surface area contributed by atoms with E-state index in [1.54, 1.807) is 6.26 Å². The Morgan fingerprint density at radius 1 is 1.48 bits per heavy atom.